The molecule has 3 N–H and O–H groups in total. The Hall–Kier alpha value is -0.650. The number of hydrogen-bond acceptors (Lipinski definition) is 4. The number of nitrogens with two attached hydrogens (primary N) is 1. The van der Waals surface area contributed by atoms with Crippen LogP contribution in [0.25, 0.3) is 0 Å². The van der Waals surface area contributed by atoms with Crippen LogP contribution in [0.2, 0.25) is 0 Å². The number of carbonyl (C=O) groups excluding carboxylic acids is 1. The summed E-state index contributed by atoms with van der Waals surface area (Å²) in [5.74, 6) is 0.0669. The van der Waals surface area contributed by atoms with E-state index in [1.807, 2.05) is 6.92 Å². The smallest absolute Gasteiger partial charge is 0.252 e. The lowest BCUT2D eigenvalue weighted by Gasteiger charge is -2.33. The molecule has 0 bridgehead atoms. The maximum Gasteiger partial charge on any atom is 0.252 e. The minimum absolute atomic E-state index is 0.0669. The Morgan fingerprint density at radius 2 is 2.22 bits per heavy atom. The van der Waals surface area contributed by atoms with Crippen molar-refractivity contribution in [2.45, 2.75) is 44.2 Å². The molecule has 1 amide bonds. The van der Waals surface area contributed by atoms with Gasteiger partial charge >= 0.3 is 0 Å². The summed E-state index contributed by atoms with van der Waals surface area (Å²) in [5.41, 5.74) is 4.96. The fourth-order valence-corrected chi connectivity index (χ4v) is 2.78. The molecule has 0 aromatic carbocycles. The summed E-state index contributed by atoms with van der Waals surface area (Å²) in [6, 6.07) is 0.299. The molecule has 18 heavy (non-hydrogen) atoms. The highest BCUT2D eigenvalue weighted by Gasteiger charge is 2.38. The molecule has 2 fully saturated rings. The van der Waals surface area contributed by atoms with Crippen molar-refractivity contribution in [1.29, 1.82) is 0 Å². The number of piperidine rings is 1. The Morgan fingerprint density at radius 1 is 1.50 bits per heavy atom. The first-order valence-corrected chi connectivity index (χ1v) is 7.01. The maximum absolute atomic E-state index is 12.2. The van der Waals surface area contributed by atoms with Gasteiger partial charge < -0.3 is 20.7 Å². The standard InChI is InChI=1S/C13H25N3O2/c1-13(5-2-10-18-13)12(17)15-11-3-7-16(8-4-11)9-6-14/h11H,2-10,14H2,1H3,(H,15,17). The highest BCUT2D eigenvalue weighted by atomic mass is 16.5. The largest absolute Gasteiger partial charge is 0.365 e. The number of hydrogen-bond donors (Lipinski definition) is 2. The summed E-state index contributed by atoms with van der Waals surface area (Å²) < 4.78 is 5.56. The molecule has 0 aromatic rings. The van der Waals surface area contributed by atoms with Gasteiger partial charge in [0.15, 0.2) is 0 Å². The van der Waals surface area contributed by atoms with Crippen molar-refractivity contribution in [2.24, 2.45) is 5.73 Å². The van der Waals surface area contributed by atoms with Crippen molar-refractivity contribution < 1.29 is 9.53 Å². The third kappa shape index (κ3) is 3.22. The number of nitrogens with zero attached hydrogens (tertiary/aromatic N) is 1. The van der Waals surface area contributed by atoms with Crippen molar-refractivity contribution in [3.05, 3.63) is 0 Å². The zero-order chi connectivity index (χ0) is 13.0. The van der Waals surface area contributed by atoms with E-state index in [1.54, 1.807) is 0 Å². The zero-order valence-electron chi connectivity index (χ0n) is 11.3. The fraction of sp³-hybridized carbons (Fsp3) is 0.923. The van der Waals surface area contributed by atoms with Crippen molar-refractivity contribution in [3.63, 3.8) is 0 Å². The summed E-state index contributed by atoms with van der Waals surface area (Å²) in [7, 11) is 0. The third-order valence-electron chi connectivity index (χ3n) is 4.07. The lowest BCUT2D eigenvalue weighted by atomic mass is 9.99. The predicted molar refractivity (Wildman–Crippen MR) is 70.3 cm³/mol. The fourth-order valence-electron chi connectivity index (χ4n) is 2.78. The molecule has 0 aliphatic carbocycles. The van der Waals surface area contributed by atoms with Gasteiger partial charge in [0.2, 0.25) is 0 Å². The van der Waals surface area contributed by atoms with Gasteiger partial charge in [-0.25, -0.2) is 0 Å². The maximum atomic E-state index is 12.2. The molecular formula is C13H25N3O2. The van der Waals surface area contributed by atoms with Crippen LogP contribution in [0, 0.1) is 0 Å². The van der Waals surface area contributed by atoms with Crippen molar-refractivity contribution >= 4 is 5.91 Å². The number of amides is 1. The molecule has 0 spiro atoms. The molecule has 0 aromatic heterocycles. The molecule has 2 rings (SSSR count). The van der Waals surface area contributed by atoms with Gasteiger partial charge in [-0.15, -0.1) is 0 Å². The first-order valence-electron chi connectivity index (χ1n) is 7.01. The van der Waals surface area contributed by atoms with Crippen LogP contribution in [0.4, 0.5) is 0 Å². The van der Waals surface area contributed by atoms with Gasteiger partial charge in [0.1, 0.15) is 5.60 Å². The Balaban J connectivity index is 1.76. The van der Waals surface area contributed by atoms with E-state index in [1.165, 1.54) is 0 Å². The van der Waals surface area contributed by atoms with Crippen LogP contribution in [-0.4, -0.2) is 55.2 Å². The average molecular weight is 255 g/mol. The van der Waals surface area contributed by atoms with E-state index in [2.05, 4.69) is 10.2 Å². The summed E-state index contributed by atoms with van der Waals surface area (Å²) in [6.45, 7) is 6.33. The van der Waals surface area contributed by atoms with Crippen LogP contribution in [0.1, 0.15) is 32.6 Å². The third-order valence-corrected chi connectivity index (χ3v) is 4.07. The molecule has 0 radical (unpaired) electrons. The van der Waals surface area contributed by atoms with E-state index >= 15 is 0 Å². The molecule has 1 unspecified atom stereocenters. The first-order chi connectivity index (χ1) is 8.64. The molecule has 1 atom stereocenters. The molecule has 5 heteroatoms. The summed E-state index contributed by atoms with van der Waals surface area (Å²) in [4.78, 5) is 14.5. The van der Waals surface area contributed by atoms with E-state index in [-0.39, 0.29) is 5.91 Å². The summed E-state index contributed by atoms with van der Waals surface area (Å²) in [5, 5.41) is 3.14. The Labute approximate surface area is 109 Å². The van der Waals surface area contributed by atoms with E-state index < -0.39 is 5.60 Å². The van der Waals surface area contributed by atoms with Gasteiger partial charge in [0, 0.05) is 38.8 Å². The number of likely N-dealkylation sites (tertiary alicyclic amines) is 1. The van der Waals surface area contributed by atoms with Crippen molar-refractivity contribution in [1.82, 2.24) is 10.2 Å². The van der Waals surface area contributed by atoms with Gasteiger partial charge in [0.05, 0.1) is 0 Å². The second-order valence-corrected chi connectivity index (χ2v) is 5.56. The van der Waals surface area contributed by atoms with E-state index in [9.17, 15) is 4.79 Å². The Bertz CT molecular complexity index is 282. The van der Waals surface area contributed by atoms with Gasteiger partial charge in [0.25, 0.3) is 5.91 Å². The summed E-state index contributed by atoms with van der Waals surface area (Å²) >= 11 is 0. The van der Waals surface area contributed by atoms with Crippen LogP contribution >= 0.6 is 0 Å². The second-order valence-electron chi connectivity index (χ2n) is 5.56. The number of ether oxygens (including phenoxy) is 1. The van der Waals surface area contributed by atoms with Crippen LogP contribution < -0.4 is 11.1 Å². The van der Waals surface area contributed by atoms with Crippen molar-refractivity contribution in [3.8, 4) is 0 Å². The highest BCUT2D eigenvalue weighted by molar-refractivity contribution is 5.85. The first kappa shape index (κ1) is 13.8. The Morgan fingerprint density at radius 3 is 2.78 bits per heavy atom. The predicted octanol–water partition coefficient (Wildman–Crippen LogP) is 0.0948. The molecular weight excluding hydrogens is 230 g/mol. The van der Waals surface area contributed by atoms with Crippen LogP contribution in [0.5, 0.6) is 0 Å². The quantitative estimate of drug-likeness (QED) is 0.747. The van der Waals surface area contributed by atoms with Gasteiger partial charge in [-0.1, -0.05) is 0 Å². The lowest BCUT2D eigenvalue weighted by molar-refractivity contribution is -0.140. The van der Waals surface area contributed by atoms with Gasteiger partial charge in [-0.05, 0) is 32.6 Å². The van der Waals surface area contributed by atoms with Crippen LogP contribution in [-0.2, 0) is 9.53 Å². The normalized spacial score (nSPS) is 30.6. The average Bonchev–Trinajstić information content (AvgIpc) is 2.80. The van der Waals surface area contributed by atoms with E-state index in [0.717, 1.165) is 45.3 Å². The lowest BCUT2D eigenvalue weighted by Crippen LogP contribution is -2.51. The molecule has 5 nitrogen and oxygen atoms in total. The van der Waals surface area contributed by atoms with Crippen LogP contribution in [0.3, 0.4) is 0 Å². The van der Waals surface area contributed by atoms with Gasteiger partial charge in [-0.2, -0.15) is 0 Å². The Kier molecular flexibility index (Phi) is 4.59. The van der Waals surface area contributed by atoms with Crippen molar-refractivity contribution in [2.75, 3.05) is 32.8 Å². The molecule has 0 saturated carbocycles. The minimum atomic E-state index is -0.589. The zero-order valence-corrected chi connectivity index (χ0v) is 11.3. The van der Waals surface area contributed by atoms with Crippen LogP contribution in [0.15, 0.2) is 0 Å². The molecule has 2 aliphatic heterocycles. The van der Waals surface area contributed by atoms with E-state index in [0.29, 0.717) is 19.2 Å². The highest BCUT2D eigenvalue weighted by Crippen LogP contribution is 2.25. The molecule has 2 heterocycles. The second kappa shape index (κ2) is 5.99. The molecule has 2 aliphatic rings. The SMILES string of the molecule is CC1(C(=O)NC2CCN(CCN)CC2)CCCO1. The number of nitrogens with one attached hydrogen (secondary N) is 1. The molecule has 104 valence electrons. The monoisotopic (exact) mass is 255 g/mol. The number of carbonyl (C=O) groups is 1. The van der Waals surface area contributed by atoms with Gasteiger partial charge in [-0.3, -0.25) is 4.79 Å². The topological polar surface area (TPSA) is 67.6 Å². The number of rotatable bonds is 4. The summed E-state index contributed by atoms with van der Waals surface area (Å²) in [6.07, 6.45) is 3.85. The molecule has 2 saturated heterocycles. The van der Waals surface area contributed by atoms with E-state index in [4.69, 9.17) is 10.5 Å². The minimum Gasteiger partial charge on any atom is -0.365 e.